The molecule has 130 valence electrons. The Morgan fingerprint density at radius 2 is 1.82 bits per heavy atom. The number of aliphatic hydroxyl groups excluding tert-OH is 1. The van der Waals surface area contributed by atoms with Crippen molar-refractivity contribution in [3.8, 4) is 0 Å². The molecule has 0 radical (unpaired) electrons. The zero-order valence-corrected chi connectivity index (χ0v) is 15.0. The molecule has 1 heterocycles. The third-order valence-corrected chi connectivity index (χ3v) is 4.84. The quantitative estimate of drug-likeness (QED) is 0.847. The Hall–Kier alpha value is -0.160. The minimum Gasteiger partial charge on any atom is -0.389 e. The fraction of sp³-hybridized carbons (Fsp3) is 1.00. The number of hydrogen-bond donors (Lipinski definition) is 1. The molecule has 1 aliphatic heterocycles. The Balaban J connectivity index is 1.72. The van der Waals surface area contributed by atoms with E-state index >= 15 is 0 Å². The Morgan fingerprint density at radius 3 is 2.41 bits per heavy atom. The Bertz CT molecular complexity index is 337. The van der Waals surface area contributed by atoms with Crippen LogP contribution in [-0.4, -0.2) is 60.7 Å². The molecule has 0 aromatic carbocycles. The van der Waals surface area contributed by atoms with E-state index in [0.717, 1.165) is 25.9 Å². The van der Waals surface area contributed by atoms with E-state index in [2.05, 4.69) is 39.5 Å². The van der Waals surface area contributed by atoms with Gasteiger partial charge in [0.1, 0.15) is 0 Å². The zero-order chi connectivity index (χ0) is 16.3. The van der Waals surface area contributed by atoms with Crippen molar-refractivity contribution < 1.29 is 14.6 Å². The largest absolute Gasteiger partial charge is 0.389 e. The van der Waals surface area contributed by atoms with Gasteiger partial charge in [-0.05, 0) is 44.4 Å². The Kier molecular flexibility index (Phi) is 6.29. The predicted molar refractivity (Wildman–Crippen MR) is 89.0 cm³/mol. The van der Waals surface area contributed by atoms with Crippen LogP contribution in [0.15, 0.2) is 0 Å². The summed E-state index contributed by atoms with van der Waals surface area (Å²) >= 11 is 0. The van der Waals surface area contributed by atoms with Crippen LogP contribution in [0.3, 0.4) is 0 Å². The predicted octanol–water partition coefficient (Wildman–Crippen LogP) is 2.69. The molecule has 1 saturated carbocycles. The number of aliphatic hydroxyl groups is 1. The van der Waals surface area contributed by atoms with Gasteiger partial charge in [-0.3, -0.25) is 4.90 Å². The molecule has 0 spiro atoms. The molecule has 1 aliphatic carbocycles. The summed E-state index contributed by atoms with van der Waals surface area (Å²) in [5.74, 6) is 0.715. The summed E-state index contributed by atoms with van der Waals surface area (Å²) in [6, 6.07) is 0. The molecule has 1 N–H and O–H groups in total. The van der Waals surface area contributed by atoms with Gasteiger partial charge in [-0.25, -0.2) is 0 Å². The van der Waals surface area contributed by atoms with E-state index in [0.29, 0.717) is 30.6 Å². The maximum atomic E-state index is 10.3. The monoisotopic (exact) mass is 313 g/mol. The number of β-amino-alcohol motifs (C(OH)–C–C–N with tert-alkyl or cyclic N) is 1. The molecule has 0 bridgehead atoms. The van der Waals surface area contributed by atoms with Crippen molar-refractivity contribution in [2.75, 3.05) is 26.2 Å². The van der Waals surface area contributed by atoms with Crippen molar-refractivity contribution >= 4 is 0 Å². The van der Waals surface area contributed by atoms with Crippen molar-refractivity contribution in [1.82, 2.24) is 4.90 Å². The summed E-state index contributed by atoms with van der Waals surface area (Å²) in [7, 11) is 0. The average Bonchev–Trinajstić information content (AvgIpc) is 2.32. The van der Waals surface area contributed by atoms with E-state index < -0.39 is 6.10 Å². The summed E-state index contributed by atoms with van der Waals surface area (Å²) in [4.78, 5) is 2.29. The normalized spacial score (nSPS) is 37.9. The van der Waals surface area contributed by atoms with Gasteiger partial charge in [0.15, 0.2) is 0 Å². The number of ether oxygens (including phenoxy) is 2. The molecule has 1 saturated heterocycles. The Morgan fingerprint density at radius 1 is 1.18 bits per heavy atom. The first kappa shape index (κ1) is 18.2. The highest BCUT2D eigenvalue weighted by molar-refractivity contribution is 4.84. The standard InChI is InChI=1S/C18H35NO3/c1-13-6-17(8-18(4,5)7-13)21-12-16(20)11-19-9-14(2)22-15(3)10-19/h13-17,20H,6-12H2,1-5H3/t13-,14-,15+,16-,17-/m1/s1. The lowest BCUT2D eigenvalue weighted by Gasteiger charge is -2.39. The van der Waals surface area contributed by atoms with Crippen LogP contribution in [0.5, 0.6) is 0 Å². The smallest absolute Gasteiger partial charge is 0.0900 e. The van der Waals surface area contributed by atoms with Gasteiger partial charge in [0.25, 0.3) is 0 Å². The van der Waals surface area contributed by atoms with Crippen LogP contribution in [0.2, 0.25) is 0 Å². The van der Waals surface area contributed by atoms with Crippen molar-refractivity contribution in [3.05, 3.63) is 0 Å². The highest BCUT2D eigenvalue weighted by atomic mass is 16.5. The third-order valence-electron chi connectivity index (χ3n) is 4.84. The van der Waals surface area contributed by atoms with E-state index in [4.69, 9.17) is 9.47 Å². The van der Waals surface area contributed by atoms with E-state index in [1.807, 2.05) is 0 Å². The summed E-state index contributed by atoms with van der Waals surface area (Å²) in [6.45, 7) is 14.1. The molecule has 4 heteroatoms. The van der Waals surface area contributed by atoms with Crippen LogP contribution in [0, 0.1) is 11.3 Å². The van der Waals surface area contributed by atoms with Crippen molar-refractivity contribution in [3.63, 3.8) is 0 Å². The highest BCUT2D eigenvalue weighted by Gasteiger charge is 2.33. The van der Waals surface area contributed by atoms with Crippen molar-refractivity contribution in [1.29, 1.82) is 0 Å². The third kappa shape index (κ3) is 5.80. The second kappa shape index (κ2) is 7.61. The van der Waals surface area contributed by atoms with Crippen LogP contribution >= 0.6 is 0 Å². The second-order valence-electron chi connectivity index (χ2n) is 8.50. The molecule has 0 unspecified atom stereocenters. The Labute approximate surface area is 136 Å². The molecule has 2 rings (SSSR count). The highest BCUT2D eigenvalue weighted by Crippen LogP contribution is 2.39. The maximum Gasteiger partial charge on any atom is 0.0900 e. The molecule has 0 amide bonds. The van der Waals surface area contributed by atoms with Crippen LogP contribution in [-0.2, 0) is 9.47 Å². The van der Waals surface area contributed by atoms with Gasteiger partial charge in [0.2, 0.25) is 0 Å². The summed E-state index contributed by atoms with van der Waals surface area (Å²) in [6.07, 6.45) is 3.90. The maximum absolute atomic E-state index is 10.3. The van der Waals surface area contributed by atoms with E-state index in [1.54, 1.807) is 0 Å². The van der Waals surface area contributed by atoms with Crippen LogP contribution in [0.25, 0.3) is 0 Å². The fourth-order valence-electron chi connectivity index (χ4n) is 4.42. The average molecular weight is 313 g/mol. The van der Waals surface area contributed by atoms with Crippen LogP contribution in [0.1, 0.15) is 53.9 Å². The summed E-state index contributed by atoms with van der Waals surface area (Å²) < 4.78 is 11.8. The molecule has 5 atom stereocenters. The molecular weight excluding hydrogens is 278 g/mol. The molecule has 0 aromatic rings. The van der Waals surface area contributed by atoms with Gasteiger partial charge in [0, 0.05) is 19.6 Å². The number of morpholine rings is 1. The van der Waals surface area contributed by atoms with Gasteiger partial charge in [0.05, 0.1) is 31.0 Å². The van der Waals surface area contributed by atoms with Gasteiger partial charge >= 0.3 is 0 Å². The second-order valence-corrected chi connectivity index (χ2v) is 8.50. The fourth-order valence-corrected chi connectivity index (χ4v) is 4.42. The molecule has 22 heavy (non-hydrogen) atoms. The topological polar surface area (TPSA) is 41.9 Å². The molecule has 4 nitrogen and oxygen atoms in total. The van der Waals surface area contributed by atoms with Crippen molar-refractivity contribution in [2.45, 2.75) is 78.3 Å². The molecule has 2 fully saturated rings. The van der Waals surface area contributed by atoms with Crippen LogP contribution < -0.4 is 0 Å². The minimum atomic E-state index is -0.405. The summed E-state index contributed by atoms with van der Waals surface area (Å²) in [5.41, 5.74) is 0.363. The molecular formula is C18H35NO3. The van der Waals surface area contributed by atoms with Crippen LogP contribution in [0.4, 0.5) is 0 Å². The van der Waals surface area contributed by atoms with Gasteiger partial charge in [-0.15, -0.1) is 0 Å². The van der Waals surface area contributed by atoms with E-state index in [9.17, 15) is 5.11 Å². The molecule has 0 aromatic heterocycles. The zero-order valence-electron chi connectivity index (χ0n) is 15.0. The number of hydrogen-bond acceptors (Lipinski definition) is 4. The lowest BCUT2D eigenvalue weighted by atomic mass is 9.71. The first-order chi connectivity index (χ1) is 10.2. The summed E-state index contributed by atoms with van der Waals surface area (Å²) in [5, 5.41) is 10.3. The first-order valence-electron chi connectivity index (χ1n) is 8.91. The van der Waals surface area contributed by atoms with Gasteiger partial charge in [-0.1, -0.05) is 20.8 Å². The lowest BCUT2D eigenvalue weighted by molar-refractivity contribution is -0.0928. The van der Waals surface area contributed by atoms with Gasteiger partial charge in [-0.2, -0.15) is 0 Å². The number of nitrogens with zero attached hydrogens (tertiary/aromatic N) is 1. The first-order valence-corrected chi connectivity index (χ1v) is 8.91. The van der Waals surface area contributed by atoms with E-state index in [-0.39, 0.29) is 12.2 Å². The number of rotatable bonds is 5. The minimum absolute atomic E-state index is 0.247. The lowest BCUT2D eigenvalue weighted by Crippen LogP contribution is -2.48. The SMILES string of the molecule is C[C@@H]1C[C@@H](OC[C@H](O)CN2C[C@@H](C)O[C@@H](C)C2)CC(C)(C)C1. The van der Waals surface area contributed by atoms with Gasteiger partial charge < -0.3 is 14.6 Å². The van der Waals surface area contributed by atoms with Crippen molar-refractivity contribution in [2.24, 2.45) is 11.3 Å². The molecule has 2 aliphatic rings. The van der Waals surface area contributed by atoms with E-state index in [1.165, 1.54) is 6.42 Å².